The molecule has 0 atom stereocenters. The third kappa shape index (κ3) is 2.49. The summed E-state index contributed by atoms with van der Waals surface area (Å²) in [6.45, 7) is 0.558. The van der Waals surface area contributed by atoms with E-state index in [1.54, 1.807) is 6.08 Å². The molecule has 158 valence electrons. The van der Waals surface area contributed by atoms with Gasteiger partial charge in [0.25, 0.3) is 0 Å². The van der Waals surface area contributed by atoms with E-state index in [0.717, 1.165) is 38.6 Å². The molecule has 33 heavy (non-hydrogen) atoms. The summed E-state index contributed by atoms with van der Waals surface area (Å²) in [4.78, 5) is 14.2. The minimum absolute atomic E-state index is 0.0860. The van der Waals surface area contributed by atoms with Crippen molar-refractivity contribution in [2.75, 3.05) is 12.4 Å². The molecule has 2 nitrogen and oxygen atoms in total. The second kappa shape index (κ2) is 6.97. The van der Waals surface area contributed by atoms with Gasteiger partial charge < -0.3 is 4.74 Å². The van der Waals surface area contributed by atoms with E-state index in [0.29, 0.717) is 6.61 Å². The molecule has 0 amide bonds. The Morgan fingerprint density at radius 2 is 1.64 bits per heavy atom. The highest BCUT2D eigenvalue weighted by molar-refractivity contribution is 7.99. The number of allylic oxidation sites excluding steroid dienone is 4. The lowest BCUT2D eigenvalue weighted by molar-refractivity contribution is -0.109. The first-order valence-corrected chi connectivity index (χ1v) is 12.2. The van der Waals surface area contributed by atoms with Crippen molar-refractivity contribution in [2.45, 2.75) is 10.3 Å². The highest BCUT2D eigenvalue weighted by Crippen LogP contribution is 2.55. The van der Waals surface area contributed by atoms with Crippen LogP contribution >= 0.6 is 11.8 Å². The molecule has 4 aliphatic rings. The van der Waals surface area contributed by atoms with Crippen LogP contribution in [0.5, 0.6) is 5.75 Å². The average molecular weight is 445 g/mol. The number of hydrogen-bond acceptors (Lipinski definition) is 3. The highest BCUT2D eigenvalue weighted by Gasteiger charge is 2.47. The van der Waals surface area contributed by atoms with Gasteiger partial charge in [-0.05, 0) is 40.1 Å². The van der Waals surface area contributed by atoms with Gasteiger partial charge in [-0.1, -0.05) is 78.9 Å². The van der Waals surface area contributed by atoms with Gasteiger partial charge >= 0.3 is 0 Å². The topological polar surface area (TPSA) is 26.3 Å². The molecule has 3 aromatic rings. The van der Waals surface area contributed by atoms with E-state index in [-0.39, 0.29) is 11.2 Å². The van der Waals surface area contributed by atoms with E-state index in [2.05, 4.69) is 78.9 Å². The normalized spacial score (nSPS) is 18.6. The Morgan fingerprint density at radius 1 is 0.909 bits per heavy atom. The number of thioether (sulfide) groups is 1. The predicted molar refractivity (Wildman–Crippen MR) is 134 cm³/mol. The molecule has 0 saturated heterocycles. The molecule has 0 unspecified atom stereocenters. The van der Waals surface area contributed by atoms with Gasteiger partial charge in [0.15, 0.2) is 5.78 Å². The maximum atomic E-state index is 13.1. The van der Waals surface area contributed by atoms with Crippen molar-refractivity contribution in [1.82, 2.24) is 0 Å². The fraction of sp³-hybridized carbons (Fsp3) is 0.100. The molecule has 0 saturated carbocycles. The van der Waals surface area contributed by atoms with Crippen LogP contribution in [0.4, 0.5) is 0 Å². The summed E-state index contributed by atoms with van der Waals surface area (Å²) in [6.07, 6.45) is 12.0. The molecule has 0 bridgehead atoms. The molecule has 3 heteroatoms. The first-order valence-electron chi connectivity index (χ1n) is 11.2. The van der Waals surface area contributed by atoms with Crippen molar-refractivity contribution in [3.05, 3.63) is 123 Å². The summed E-state index contributed by atoms with van der Waals surface area (Å²) in [5.74, 6) is 1.91. The highest BCUT2D eigenvalue weighted by atomic mass is 32.2. The Bertz CT molecular complexity index is 1520. The minimum Gasteiger partial charge on any atom is -0.488 e. The van der Waals surface area contributed by atoms with Crippen molar-refractivity contribution < 1.29 is 9.53 Å². The van der Waals surface area contributed by atoms with E-state index in [9.17, 15) is 4.79 Å². The monoisotopic (exact) mass is 444 g/mol. The fourth-order valence-electron chi connectivity index (χ4n) is 5.70. The van der Waals surface area contributed by atoms with Crippen molar-refractivity contribution >= 4 is 35.3 Å². The predicted octanol–water partition coefficient (Wildman–Crippen LogP) is 4.54. The van der Waals surface area contributed by atoms with Crippen molar-refractivity contribution in [3.63, 3.8) is 0 Å². The lowest BCUT2D eigenvalue weighted by Crippen LogP contribution is -2.36. The summed E-state index contributed by atoms with van der Waals surface area (Å²) < 4.78 is 6.42. The zero-order chi connectivity index (χ0) is 22.0. The van der Waals surface area contributed by atoms with Crippen LogP contribution in [0.3, 0.4) is 0 Å². The van der Waals surface area contributed by atoms with E-state index in [1.165, 1.54) is 21.6 Å². The SMILES string of the molecule is O=C1C=CC=C2C=c3c4c(c5c(c3=C12)SCC5(c1ccccc1)c1ccccc1)OCC=C4. The zero-order valence-electron chi connectivity index (χ0n) is 17.9. The molecule has 7 rings (SSSR count). The summed E-state index contributed by atoms with van der Waals surface area (Å²) >= 11 is 1.85. The van der Waals surface area contributed by atoms with Gasteiger partial charge in [0, 0.05) is 32.6 Å². The maximum absolute atomic E-state index is 13.1. The molecule has 3 aromatic carbocycles. The second-order valence-corrected chi connectivity index (χ2v) is 9.73. The number of ketones is 1. The van der Waals surface area contributed by atoms with E-state index >= 15 is 0 Å². The number of benzene rings is 3. The molecule has 0 aromatic heterocycles. The molecule has 2 heterocycles. The van der Waals surface area contributed by atoms with Crippen LogP contribution < -0.4 is 15.2 Å². The minimum atomic E-state index is -0.354. The number of carbonyl (C=O) groups excluding carboxylic acids is 1. The number of hydrogen-bond donors (Lipinski definition) is 0. The first kappa shape index (κ1) is 19.0. The van der Waals surface area contributed by atoms with E-state index in [4.69, 9.17) is 4.74 Å². The molecule has 2 aliphatic heterocycles. The largest absolute Gasteiger partial charge is 0.488 e. The third-order valence-corrected chi connectivity index (χ3v) is 8.37. The van der Waals surface area contributed by atoms with Crippen LogP contribution in [0.15, 0.2) is 95.4 Å². The first-order chi connectivity index (χ1) is 16.3. The quantitative estimate of drug-likeness (QED) is 0.581. The average Bonchev–Trinajstić information content (AvgIpc) is 3.46. The number of carbonyl (C=O) groups is 1. The van der Waals surface area contributed by atoms with Gasteiger partial charge in [0.05, 0.1) is 5.41 Å². The maximum Gasteiger partial charge on any atom is 0.187 e. The lowest BCUT2D eigenvalue weighted by Gasteiger charge is -2.33. The van der Waals surface area contributed by atoms with Crippen LogP contribution in [0.25, 0.3) is 17.7 Å². The molecule has 0 N–H and O–H groups in total. The Kier molecular flexibility index (Phi) is 4.00. The van der Waals surface area contributed by atoms with Gasteiger partial charge in [-0.3, -0.25) is 4.79 Å². The Morgan fingerprint density at radius 3 is 2.36 bits per heavy atom. The van der Waals surface area contributed by atoms with Gasteiger partial charge in [0.2, 0.25) is 0 Å². The molecule has 0 radical (unpaired) electrons. The molecular weight excluding hydrogens is 424 g/mol. The molecular formula is C30H20O2S. The van der Waals surface area contributed by atoms with E-state index < -0.39 is 0 Å². The van der Waals surface area contributed by atoms with Gasteiger partial charge in [-0.25, -0.2) is 0 Å². The van der Waals surface area contributed by atoms with Crippen molar-refractivity contribution in [1.29, 1.82) is 0 Å². The third-order valence-electron chi connectivity index (χ3n) is 7.09. The fourth-order valence-corrected chi connectivity index (χ4v) is 7.30. The van der Waals surface area contributed by atoms with Crippen LogP contribution in [0.1, 0.15) is 22.3 Å². The summed E-state index contributed by atoms with van der Waals surface area (Å²) in [7, 11) is 0. The molecule has 0 spiro atoms. The Balaban J connectivity index is 1.68. The van der Waals surface area contributed by atoms with Gasteiger partial charge in [-0.2, -0.15) is 0 Å². The summed E-state index contributed by atoms with van der Waals surface area (Å²) in [5.41, 5.74) is 6.27. The van der Waals surface area contributed by atoms with E-state index in [1.807, 2.05) is 23.9 Å². The Hall–Kier alpha value is -3.56. The smallest absolute Gasteiger partial charge is 0.187 e. The number of ether oxygens (including phenoxy) is 1. The molecule has 2 aliphatic carbocycles. The summed E-state index contributed by atoms with van der Waals surface area (Å²) in [6, 6.07) is 21.5. The van der Waals surface area contributed by atoms with Gasteiger partial charge in [0.1, 0.15) is 12.4 Å². The number of fused-ring (bicyclic) bond motifs is 7. The van der Waals surface area contributed by atoms with Crippen LogP contribution in [0.2, 0.25) is 0 Å². The standard InChI is InChI=1S/C30H20O2S/c31-24-15-7-9-19-17-23-22-14-8-16-32-28(22)27-29(26(23)25(19)24)33-18-30(27,20-10-3-1-4-11-20)21-12-5-2-6-13-21/h1-15,17H,16,18H2. The van der Waals surface area contributed by atoms with Crippen LogP contribution in [0, 0.1) is 0 Å². The van der Waals surface area contributed by atoms with Gasteiger partial charge in [-0.15, -0.1) is 11.8 Å². The lowest BCUT2D eigenvalue weighted by atomic mass is 9.70. The van der Waals surface area contributed by atoms with Crippen molar-refractivity contribution in [3.8, 4) is 5.75 Å². The second-order valence-electron chi connectivity index (χ2n) is 8.74. The van der Waals surface area contributed by atoms with Crippen LogP contribution in [-0.2, 0) is 10.2 Å². The zero-order valence-corrected chi connectivity index (χ0v) is 18.7. The molecule has 0 fully saturated rings. The number of rotatable bonds is 2. The summed E-state index contributed by atoms with van der Waals surface area (Å²) in [5, 5.41) is 2.20. The van der Waals surface area contributed by atoms with Crippen molar-refractivity contribution in [2.24, 2.45) is 0 Å². The Labute approximate surface area is 196 Å². The van der Waals surface area contributed by atoms with Crippen LogP contribution in [-0.4, -0.2) is 18.1 Å².